The molecule has 80 valence electrons. The van der Waals surface area contributed by atoms with E-state index in [4.69, 9.17) is 0 Å². The van der Waals surface area contributed by atoms with Gasteiger partial charge in [0.05, 0.1) is 13.1 Å². The van der Waals surface area contributed by atoms with Crippen LogP contribution in [0.2, 0.25) is 0 Å². The molecule has 2 aromatic rings. The maximum absolute atomic E-state index is 4.37. The van der Waals surface area contributed by atoms with Gasteiger partial charge in [-0.05, 0) is 18.0 Å². The summed E-state index contributed by atoms with van der Waals surface area (Å²) < 4.78 is 1.87. The first-order chi connectivity index (χ1) is 7.38. The van der Waals surface area contributed by atoms with Crippen molar-refractivity contribution < 1.29 is 0 Å². The lowest BCUT2D eigenvalue weighted by atomic mass is 10.5. The highest BCUT2D eigenvalue weighted by atomic mass is 32.1. The van der Waals surface area contributed by atoms with Crippen LogP contribution in [0.1, 0.15) is 17.6 Å². The molecule has 0 radical (unpaired) electrons. The largest absolute Gasteiger partial charge is 0.310 e. The molecule has 2 aromatic heterocycles. The predicted octanol–water partition coefficient (Wildman–Crippen LogP) is 1.50. The molecule has 0 aromatic carbocycles. The fraction of sp³-hybridized carbons (Fsp3) is 0.400. The smallest absolute Gasteiger partial charge is 0.164 e. The number of nitrogens with one attached hydrogen (secondary N) is 1. The summed E-state index contributed by atoms with van der Waals surface area (Å²) in [5, 5.41) is 9.65. The Hall–Kier alpha value is -1.20. The number of hydrogen-bond donors (Lipinski definition) is 1. The number of aromatic nitrogens is 3. The highest BCUT2D eigenvalue weighted by molar-refractivity contribution is 7.09. The van der Waals surface area contributed by atoms with Crippen LogP contribution in [-0.4, -0.2) is 21.3 Å². The van der Waals surface area contributed by atoms with Crippen LogP contribution in [0.5, 0.6) is 0 Å². The van der Waals surface area contributed by atoms with Gasteiger partial charge in [-0.25, -0.2) is 9.67 Å². The molecule has 4 nitrogen and oxygen atoms in total. The minimum atomic E-state index is 0.744. The maximum atomic E-state index is 4.37. The first-order valence-corrected chi connectivity index (χ1v) is 5.88. The minimum Gasteiger partial charge on any atom is -0.310 e. The Bertz CT molecular complexity index is 393. The SMILES string of the molecule is CCNCc1ncn(Cc2cccs2)n1. The Balaban J connectivity index is 1.95. The average molecular weight is 222 g/mol. The molecule has 0 spiro atoms. The Morgan fingerprint density at radius 1 is 1.53 bits per heavy atom. The van der Waals surface area contributed by atoms with E-state index in [9.17, 15) is 0 Å². The fourth-order valence-corrected chi connectivity index (χ4v) is 1.99. The summed E-state index contributed by atoms with van der Waals surface area (Å²) in [6.07, 6.45) is 1.78. The second-order valence-electron chi connectivity index (χ2n) is 3.22. The number of hydrogen-bond acceptors (Lipinski definition) is 4. The molecule has 0 aliphatic rings. The van der Waals surface area contributed by atoms with Gasteiger partial charge >= 0.3 is 0 Å². The maximum Gasteiger partial charge on any atom is 0.164 e. The van der Waals surface area contributed by atoms with Crippen LogP contribution in [0.15, 0.2) is 23.8 Å². The van der Waals surface area contributed by atoms with Gasteiger partial charge in [0.2, 0.25) is 0 Å². The van der Waals surface area contributed by atoms with Gasteiger partial charge in [0, 0.05) is 4.88 Å². The lowest BCUT2D eigenvalue weighted by molar-refractivity contribution is 0.646. The molecule has 0 saturated carbocycles. The molecule has 0 unspecified atom stereocenters. The Kier molecular flexibility index (Phi) is 3.47. The standard InChI is InChI=1S/C10H14N4S/c1-2-11-6-10-12-8-14(13-10)7-9-4-3-5-15-9/h3-5,8,11H,2,6-7H2,1H3. The third-order valence-electron chi connectivity index (χ3n) is 2.01. The van der Waals surface area contributed by atoms with Gasteiger partial charge in [0.25, 0.3) is 0 Å². The molecular formula is C10H14N4S. The third-order valence-corrected chi connectivity index (χ3v) is 2.88. The average Bonchev–Trinajstić information content (AvgIpc) is 2.87. The van der Waals surface area contributed by atoms with E-state index in [1.165, 1.54) is 4.88 Å². The Morgan fingerprint density at radius 2 is 2.47 bits per heavy atom. The van der Waals surface area contributed by atoms with Gasteiger partial charge in [0.1, 0.15) is 6.33 Å². The zero-order chi connectivity index (χ0) is 10.5. The molecule has 2 rings (SSSR count). The predicted molar refractivity (Wildman–Crippen MR) is 60.8 cm³/mol. The second-order valence-corrected chi connectivity index (χ2v) is 4.25. The summed E-state index contributed by atoms with van der Waals surface area (Å²) in [5.41, 5.74) is 0. The lowest BCUT2D eigenvalue weighted by Gasteiger charge is -1.97. The monoisotopic (exact) mass is 222 g/mol. The summed E-state index contributed by atoms with van der Waals surface area (Å²) in [6.45, 7) is 4.58. The molecule has 0 amide bonds. The highest BCUT2D eigenvalue weighted by Crippen LogP contribution is 2.09. The van der Waals surface area contributed by atoms with Crippen molar-refractivity contribution >= 4 is 11.3 Å². The summed E-state index contributed by atoms with van der Waals surface area (Å²) in [7, 11) is 0. The number of nitrogens with zero attached hydrogens (tertiary/aromatic N) is 3. The van der Waals surface area contributed by atoms with E-state index in [2.05, 4.69) is 39.8 Å². The molecule has 1 N–H and O–H groups in total. The van der Waals surface area contributed by atoms with Crippen LogP contribution in [0.25, 0.3) is 0 Å². The molecule has 2 heterocycles. The summed E-state index contributed by atoms with van der Waals surface area (Å²) in [6, 6.07) is 4.16. The Morgan fingerprint density at radius 3 is 3.20 bits per heavy atom. The second kappa shape index (κ2) is 5.04. The van der Waals surface area contributed by atoms with Crippen molar-refractivity contribution in [2.24, 2.45) is 0 Å². The fourth-order valence-electron chi connectivity index (χ4n) is 1.29. The molecule has 0 saturated heterocycles. The number of rotatable bonds is 5. The van der Waals surface area contributed by atoms with Gasteiger partial charge in [-0.3, -0.25) is 0 Å². The van der Waals surface area contributed by atoms with E-state index < -0.39 is 0 Å². The van der Waals surface area contributed by atoms with Gasteiger partial charge in [-0.1, -0.05) is 13.0 Å². The highest BCUT2D eigenvalue weighted by Gasteiger charge is 2.01. The molecule has 0 aliphatic heterocycles. The molecule has 0 atom stereocenters. The molecule has 15 heavy (non-hydrogen) atoms. The van der Waals surface area contributed by atoms with Crippen LogP contribution in [0.3, 0.4) is 0 Å². The van der Waals surface area contributed by atoms with E-state index >= 15 is 0 Å². The lowest BCUT2D eigenvalue weighted by Crippen LogP contribution is -2.13. The molecule has 0 bridgehead atoms. The molecule has 0 fully saturated rings. The van der Waals surface area contributed by atoms with Crippen molar-refractivity contribution in [3.05, 3.63) is 34.5 Å². The first kappa shape index (κ1) is 10.3. The van der Waals surface area contributed by atoms with Gasteiger partial charge in [-0.2, -0.15) is 5.10 Å². The van der Waals surface area contributed by atoms with Crippen LogP contribution >= 0.6 is 11.3 Å². The summed E-state index contributed by atoms with van der Waals surface area (Å²) in [5.74, 6) is 0.855. The van der Waals surface area contributed by atoms with E-state index in [-0.39, 0.29) is 0 Å². The van der Waals surface area contributed by atoms with E-state index in [1.807, 2.05) is 4.68 Å². The van der Waals surface area contributed by atoms with Gasteiger partial charge in [-0.15, -0.1) is 11.3 Å². The van der Waals surface area contributed by atoms with E-state index in [0.29, 0.717) is 0 Å². The van der Waals surface area contributed by atoms with Gasteiger partial charge < -0.3 is 5.32 Å². The van der Waals surface area contributed by atoms with Crippen molar-refractivity contribution in [3.8, 4) is 0 Å². The van der Waals surface area contributed by atoms with Crippen LogP contribution in [0.4, 0.5) is 0 Å². The van der Waals surface area contributed by atoms with E-state index in [0.717, 1.165) is 25.5 Å². The zero-order valence-electron chi connectivity index (χ0n) is 8.68. The first-order valence-electron chi connectivity index (χ1n) is 5.00. The molecular weight excluding hydrogens is 208 g/mol. The zero-order valence-corrected chi connectivity index (χ0v) is 9.50. The minimum absolute atomic E-state index is 0.744. The van der Waals surface area contributed by atoms with Crippen LogP contribution < -0.4 is 5.32 Å². The van der Waals surface area contributed by atoms with Crippen molar-refractivity contribution in [1.82, 2.24) is 20.1 Å². The Labute approximate surface area is 93.0 Å². The van der Waals surface area contributed by atoms with Crippen molar-refractivity contribution in [3.63, 3.8) is 0 Å². The van der Waals surface area contributed by atoms with Crippen molar-refractivity contribution in [2.45, 2.75) is 20.0 Å². The normalized spacial score (nSPS) is 10.7. The van der Waals surface area contributed by atoms with Gasteiger partial charge in [0.15, 0.2) is 5.82 Å². The topological polar surface area (TPSA) is 42.7 Å². The summed E-state index contributed by atoms with van der Waals surface area (Å²) in [4.78, 5) is 5.53. The van der Waals surface area contributed by atoms with Crippen molar-refractivity contribution in [2.75, 3.05) is 6.54 Å². The summed E-state index contributed by atoms with van der Waals surface area (Å²) >= 11 is 1.74. The van der Waals surface area contributed by atoms with E-state index in [1.54, 1.807) is 17.7 Å². The van der Waals surface area contributed by atoms with Crippen LogP contribution in [-0.2, 0) is 13.1 Å². The third kappa shape index (κ3) is 2.87. The quantitative estimate of drug-likeness (QED) is 0.833. The molecule has 5 heteroatoms. The molecule has 0 aliphatic carbocycles. The number of thiophene rings is 1. The van der Waals surface area contributed by atoms with Crippen LogP contribution in [0, 0.1) is 0 Å². The van der Waals surface area contributed by atoms with Crippen molar-refractivity contribution in [1.29, 1.82) is 0 Å².